The maximum Gasteiger partial charge on any atom is 0.126 e. The number of hydrogen-bond donors (Lipinski definition) is 3. The maximum absolute atomic E-state index is 13.7. The van der Waals surface area contributed by atoms with Gasteiger partial charge in [0, 0.05) is 54.3 Å². The summed E-state index contributed by atoms with van der Waals surface area (Å²) in [6, 6.07) is 10.1. The Labute approximate surface area is 180 Å². The number of aliphatic hydroxyl groups excluding tert-OH is 2. The number of fused-ring (bicyclic) bond motifs is 2. The number of nitrogens with one attached hydrogen (secondary N) is 1. The van der Waals surface area contributed by atoms with E-state index >= 15 is 0 Å². The van der Waals surface area contributed by atoms with Gasteiger partial charge in [0.15, 0.2) is 0 Å². The zero-order chi connectivity index (χ0) is 21.6. The smallest absolute Gasteiger partial charge is 0.126 e. The average molecular weight is 426 g/mol. The van der Waals surface area contributed by atoms with Crippen LogP contribution in [-0.2, 0) is 0 Å². The number of hydrogen-bond acceptors (Lipinski definition) is 5. The zero-order valence-electron chi connectivity index (χ0n) is 17.5. The number of nitrogens with zero attached hydrogens (tertiary/aromatic N) is 1. The summed E-state index contributed by atoms with van der Waals surface area (Å²) in [4.78, 5) is 5.30. The lowest BCUT2D eigenvalue weighted by Gasteiger charge is -2.46. The molecule has 1 aromatic heterocycles. The van der Waals surface area contributed by atoms with Gasteiger partial charge in [0.05, 0.1) is 19.3 Å². The first-order chi connectivity index (χ1) is 15.0. The van der Waals surface area contributed by atoms with E-state index in [9.17, 15) is 14.6 Å². The second-order valence-corrected chi connectivity index (χ2v) is 8.66. The average Bonchev–Trinajstić information content (AvgIpc) is 3.18. The number of benzene rings is 2. The second-order valence-electron chi connectivity index (χ2n) is 8.66. The van der Waals surface area contributed by atoms with Gasteiger partial charge >= 0.3 is 0 Å². The van der Waals surface area contributed by atoms with Crippen molar-refractivity contribution in [3.63, 3.8) is 0 Å². The quantitative estimate of drug-likeness (QED) is 0.593. The molecule has 3 aromatic rings. The topological polar surface area (TPSA) is 78.0 Å². The van der Waals surface area contributed by atoms with Crippen molar-refractivity contribution in [2.24, 2.45) is 0 Å². The van der Waals surface area contributed by atoms with E-state index in [0.29, 0.717) is 35.4 Å². The predicted octanol–water partition coefficient (Wildman–Crippen LogP) is 3.70. The van der Waals surface area contributed by atoms with Gasteiger partial charge in [0.25, 0.3) is 0 Å². The number of halogens is 1. The lowest BCUT2D eigenvalue weighted by Crippen LogP contribution is -2.51. The molecule has 0 aliphatic carbocycles. The summed E-state index contributed by atoms with van der Waals surface area (Å²) in [5, 5.41) is 22.3. The van der Waals surface area contributed by atoms with Gasteiger partial charge in [-0.05, 0) is 49.2 Å². The van der Waals surface area contributed by atoms with Crippen molar-refractivity contribution in [1.82, 2.24) is 9.88 Å². The summed E-state index contributed by atoms with van der Waals surface area (Å²) in [5.41, 5.74) is 1.90. The minimum atomic E-state index is -0.712. The van der Waals surface area contributed by atoms with E-state index in [1.807, 2.05) is 18.2 Å². The minimum absolute atomic E-state index is 0.314. The van der Waals surface area contributed by atoms with E-state index in [4.69, 9.17) is 9.47 Å². The largest absolute Gasteiger partial charge is 0.497 e. The van der Waals surface area contributed by atoms with Gasteiger partial charge in [-0.15, -0.1) is 0 Å². The van der Waals surface area contributed by atoms with Crippen LogP contribution in [0.2, 0.25) is 0 Å². The van der Waals surface area contributed by atoms with Gasteiger partial charge in [0.1, 0.15) is 22.9 Å². The number of H-pyrrole nitrogens is 1. The highest BCUT2D eigenvalue weighted by atomic mass is 19.1. The summed E-state index contributed by atoms with van der Waals surface area (Å²) >= 11 is 0. The molecule has 2 aliphatic rings. The highest BCUT2D eigenvalue weighted by Crippen LogP contribution is 2.45. The molecule has 164 valence electrons. The van der Waals surface area contributed by atoms with E-state index in [-0.39, 0.29) is 5.82 Å². The van der Waals surface area contributed by atoms with Crippen LogP contribution in [0, 0.1) is 5.82 Å². The lowest BCUT2D eigenvalue weighted by atomic mass is 9.81. The van der Waals surface area contributed by atoms with E-state index in [1.165, 1.54) is 12.1 Å². The third kappa shape index (κ3) is 3.78. The first kappa shape index (κ1) is 20.3. The first-order valence-corrected chi connectivity index (χ1v) is 10.7. The molecule has 1 saturated heterocycles. The number of aromatic amines is 1. The third-order valence-corrected chi connectivity index (χ3v) is 6.70. The molecular formula is C24H27FN2O4. The Hall–Kier alpha value is -2.61. The standard InChI is InChI=1S/C24H27FN2O4/c1-30-16-3-5-23-18(11-16)21(28)12-24(31-23)6-8-27(9-7-24)14-22(29)19-13-26-20-4-2-15(25)10-17(19)20/h2-5,10-11,13,21-22,26,28-29H,6-9,12,14H2,1H3/t21-,22-/m0/s1. The fourth-order valence-electron chi connectivity index (χ4n) is 4.93. The Morgan fingerprint density at radius 2 is 2.06 bits per heavy atom. The number of methoxy groups -OCH3 is 1. The van der Waals surface area contributed by atoms with Crippen LogP contribution in [0.5, 0.6) is 11.5 Å². The van der Waals surface area contributed by atoms with Crippen molar-refractivity contribution in [1.29, 1.82) is 0 Å². The van der Waals surface area contributed by atoms with Gasteiger partial charge in [-0.2, -0.15) is 0 Å². The molecule has 31 heavy (non-hydrogen) atoms. The number of ether oxygens (including phenoxy) is 2. The van der Waals surface area contributed by atoms with Crippen LogP contribution >= 0.6 is 0 Å². The third-order valence-electron chi connectivity index (χ3n) is 6.70. The van der Waals surface area contributed by atoms with E-state index in [2.05, 4.69) is 9.88 Å². The number of rotatable bonds is 4. The van der Waals surface area contributed by atoms with Crippen molar-refractivity contribution in [2.75, 3.05) is 26.7 Å². The molecule has 2 atom stereocenters. The molecule has 3 heterocycles. The van der Waals surface area contributed by atoms with Gasteiger partial charge in [-0.3, -0.25) is 0 Å². The number of aromatic nitrogens is 1. The molecular weight excluding hydrogens is 399 g/mol. The molecule has 0 radical (unpaired) electrons. The van der Waals surface area contributed by atoms with Crippen LogP contribution in [0.1, 0.15) is 42.6 Å². The molecule has 2 aliphatic heterocycles. The molecule has 5 rings (SSSR count). The summed E-state index contributed by atoms with van der Waals surface area (Å²) in [6.07, 6.45) is 2.54. The van der Waals surface area contributed by atoms with Crippen molar-refractivity contribution in [3.05, 3.63) is 59.5 Å². The molecule has 0 amide bonds. The van der Waals surface area contributed by atoms with Crippen LogP contribution in [0.3, 0.4) is 0 Å². The number of piperidine rings is 1. The Morgan fingerprint density at radius 1 is 1.26 bits per heavy atom. The van der Waals surface area contributed by atoms with Gasteiger partial charge < -0.3 is 29.6 Å². The Morgan fingerprint density at radius 3 is 2.84 bits per heavy atom. The Kier molecular flexibility index (Phi) is 5.12. The fraction of sp³-hybridized carbons (Fsp3) is 0.417. The van der Waals surface area contributed by atoms with Crippen molar-refractivity contribution in [3.8, 4) is 11.5 Å². The molecule has 0 unspecified atom stereocenters. The van der Waals surface area contributed by atoms with Gasteiger partial charge in [0.2, 0.25) is 0 Å². The number of likely N-dealkylation sites (tertiary alicyclic amines) is 1. The maximum atomic E-state index is 13.7. The Balaban J connectivity index is 1.25. The molecule has 1 spiro atoms. The molecule has 7 heteroatoms. The zero-order valence-corrected chi connectivity index (χ0v) is 17.5. The van der Waals surface area contributed by atoms with Crippen LogP contribution in [0.4, 0.5) is 4.39 Å². The van der Waals surface area contributed by atoms with E-state index < -0.39 is 17.8 Å². The van der Waals surface area contributed by atoms with Crippen molar-refractivity contribution in [2.45, 2.75) is 37.1 Å². The summed E-state index contributed by atoms with van der Waals surface area (Å²) in [5.74, 6) is 1.11. The number of β-amino-alcohol motifs (C(OH)–C–C–N with tert-alkyl or cyclic N) is 1. The monoisotopic (exact) mass is 426 g/mol. The van der Waals surface area contributed by atoms with Crippen molar-refractivity contribution < 1.29 is 24.1 Å². The highest BCUT2D eigenvalue weighted by Gasteiger charge is 2.43. The Bertz CT molecular complexity index is 1090. The van der Waals surface area contributed by atoms with E-state index in [1.54, 1.807) is 19.4 Å². The molecule has 1 fully saturated rings. The molecule has 0 saturated carbocycles. The highest BCUT2D eigenvalue weighted by molar-refractivity contribution is 5.83. The van der Waals surface area contributed by atoms with Gasteiger partial charge in [-0.25, -0.2) is 4.39 Å². The molecule has 0 bridgehead atoms. The fourth-order valence-corrected chi connectivity index (χ4v) is 4.93. The van der Waals surface area contributed by atoms with Crippen molar-refractivity contribution >= 4 is 10.9 Å². The summed E-state index contributed by atoms with van der Waals surface area (Å²) in [6.45, 7) is 1.98. The van der Waals surface area contributed by atoms with Crippen LogP contribution in [0.15, 0.2) is 42.6 Å². The molecule has 2 aromatic carbocycles. The number of aliphatic hydroxyl groups is 2. The minimum Gasteiger partial charge on any atom is -0.497 e. The van der Waals surface area contributed by atoms with Gasteiger partial charge in [-0.1, -0.05) is 0 Å². The van der Waals surface area contributed by atoms with Crippen LogP contribution in [0.25, 0.3) is 10.9 Å². The second kappa shape index (κ2) is 7.82. The summed E-state index contributed by atoms with van der Waals surface area (Å²) in [7, 11) is 1.61. The predicted molar refractivity (Wildman–Crippen MR) is 115 cm³/mol. The summed E-state index contributed by atoms with van der Waals surface area (Å²) < 4.78 is 25.3. The van der Waals surface area contributed by atoms with Crippen LogP contribution < -0.4 is 9.47 Å². The normalized spacial score (nSPS) is 21.6. The molecule has 6 nitrogen and oxygen atoms in total. The lowest BCUT2D eigenvalue weighted by molar-refractivity contribution is -0.0588. The van der Waals surface area contributed by atoms with E-state index in [0.717, 1.165) is 37.0 Å². The SMILES string of the molecule is COc1ccc2c(c1)[C@@H](O)CC1(CCN(C[C@H](O)c3c[nH]c4ccc(F)cc34)CC1)O2. The molecule has 3 N–H and O–H groups in total. The first-order valence-electron chi connectivity index (χ1n) is 10.7. The van der Waals surface area contributed by atoms with Crippen LogP contribution in [-0.4, -0.2) is 52.4 Å².